The first-order chi connectivity index (χ1) is 15.2. The van der Waals surface area contributed by atoms with Crippen LogP contribution in [0.4, 0.5) is 15.9 Å². The Labute approximate surface area is 193 Å². The number of oxime groups is 1. The van der Waals surface area contributed by atoms with E-state index in [2.05, 4.69) is 42.2 Å². The van der Waals surface area contributed by atoms with Crippen molar-refractivity contribution in [2.75, 3.05) is 10.8 Å². The number of nitrogens with one attached hydrogen (secondary N) is 2. The van der Waals surface area contributed by atoms with E-state index in [9.17, 15) is 9.18 Å². The molecule has 3 rings (SSSR count). The summed E-state index contributed by atoms with van der Waals surface area (Å²) in [5.74, 6) is -0.786. The van der Waals surface area contributed by atoms with Crippen molar-refractivity contribution in [3.8, 4) is 0 Å². The van der Waals surface area contributed by atoms with Gasteiger partial charge in [-0.3, -0.25) is 9.73 Å². The Balaban J connectivity index is 1.63. The second-order valence-corrected chi connectivity index (χ2v) is 9.01. The molecule has 1 aromatic heterocycles. The van der Waals surface area contributed by atoms with Crippen LogP contribution in [0.5, 0.6) is 0 Å². The van der Waals surface area contributed by atoms with Crippen LogP contribution in [0.25, 0.3) is 0 Å². The Morgan fingerprint density at radius 3 is 2.69 bits per heavy atom. The predicted octanol–water partition coefficient (Wildman–Crippen LogP) is 5.19. The summed E-state index contributed by atoms with van der Waals surface area (Å²) in [5, 5.41) is 14.0. The van der Waals surface area contributed by atoms with Gasteiger partial charge in [-0.1, -0.05) is 56.3 Å². The number of benzene rings is 2. The summed E-state index contributed by atoms with van der Waals surface area (Å²) in [6.07, 6.45) is 1.81. The van der Waals surface area contributed by atoms with Crippen LogP contribution in [-0.2, 0) is 16.2 Å². The Morgan fingerprint density at radius 1 is 1.25 bits per heavy atom. The average Bonchev–Trinajstić information content (AvgIpc) is 3.18. The molecule has 0 aliphatic carbocycles. The highest BCUT2D eigenvalue weighted by molar-refractivity contribution is 9.10. The predicted molar refractivity (Wildman–Crippen MR) is 122 cm³/mol. The maximum atomic E-state index is 13.3. The monoisotopic (exact) mass is 503 g/mol. The fraction of sp³-hybridized carbons (Fsp3) is 0.273. The number of aromatic nitrogens is 2. The van der Waals surface area contributed by atoms with Crippen LogP contribution < -0.4 is 10.8 Å². The van der Waals surface area contributed by atoms with E-state index in [0.29, 0.717) is 12.1 Å². The summed E-state index contributed by atoms with van der Waals surface area (Å²) >= 11 is 3.09. The van der Waals surface area contributed by atoms with Gasteiger partial charge in [0.1, 0.15) is 12.0 Å². The van der Waals surface area contributed by atoms with Gasteiger partial charge in [-0.15, -0.1) is 0 Å². The lowest BCUT2D eigenvalue weighted by atomic mass is 9.76. The van der Waals surface area contributed by atoms with E-state index in [4.69, 9.17) is 9.57 Å². The lowest BCUT2D eigenvalue weighted by Crippen LogP contribution is -2.35. The molecule has 8 nitrogen and oxygen atoms in total. The number of halogens is 2. The normalized spacial score (nSPS) is 12.5. The van der Waals surface area contributed by atoms with Gasteiger partial charge in [0, 0.05) is 5.92 Å². The van der Waals surface area contributed by atoms with Crippen LogP contribution in [0.2, 0.25) is 0 Å². The molecule has 10 heteroatoms. The quantitative estimate of drug-likeness (QED) is 0.323. The first kappa shape index (κ1) is 23.4. The number of rotatable bonds is 8. The minimum Gasteiger partial charge on any atom is -0.306 e. The fourth-order valence-corrected chi connectivity index (χ4v) is 3.31. The van der Waals surface area contributed by atoms with Crippen molar-refractivity contribution < 1.29 is 18.8 Å². The van der Waals surface area contributed by atoms with Crippen LogP contribution in [0.3, 0.4) is 0 Å². The molecule has 32 heavy (non-hydrogen) atoms. The van der Waals surface area contributed by atoms with Crippen LogP contribution in [0, 0.1) is 17.2 Å². The van der Waals surface area contributed by atoms with Gasteiger partial charge in [0.15, 0.2) is 5.69 Å². The molecule has 0 bridgehead atoms. The number of carbonyl (C=O) groups is 1. The number of nitrogens with zero attached hydrogens (tertiary/aromatic N) is 3. The Kier molecular flexibility index (Phi) is 7.57. The third-order valence-corrected chi connectivity index (χ3v) is 5.32. The average molecular weight is 504 g/mol. The molecule has 0 aliphatic heterocycles. The van der Waals surface area contributed by atoms with Gasteiger partial charge in [0.2, 0.25) is 11.7 Å². The molecule has 1 amide bonds. The lowest BCUT2D eigenvalue weighted by molar-refractivity contribution is -0.123. The molecule has 2 aromatic carbocycles. The van der Waals surface area contributed by atoms with Crippen molar-refractivity contribution in [3.05, 3.63) is 70.1 Å². The Morgan fingerprint density at radius 2 is 2.00 bits per heavy atom. The highest BCUT2D eigenvalue weighted by Gasteiger charge is 2.32. The largest absolute Gasteiger partial charge is 0.306 e. The van der Waals surface area contributed by atoms with Gasteiger partial charge in [-0.2, -0.15) is 5.48 Å². The molecule has 1 unspecified atom stereocenters. The Hall–Kier alpha value is -3.27. The second kappa shape index (κ2) is 10.4. The molecular formula is C22H23BrFN5O3. The first-order valence-corrected chi connectivity index (χ1v) is 10.6. The van der Waals surface area contributed by atoms with Crippen LogP contribution in [0.15, 0.2) is 62.8 Å². The maximum Gasteiger partial charge on any atom is 0.229 e. The molecule has 168 valence electrons. The molecule has 0 aliphatic rings. The molecule has 0 saturated heterocycles. The van der Waals surface area contributed by atoms with Crippen LogP contribution in [-0.4, -0.2) is 22.4 Å². The van der Waals surface area contributed by atoms with E-state index in [-0.39, 0.29) is 33.2 Å². The number of hydrogen-bond donors (Lipinski definition) is 2. The van der Waals surface area contributed by atoms with Crippen LogP contribution in [0.1, 0.15) is 32.0 Å². The maximum absolute atomic E-state index is 13.3. The van der Waals surface area contributed by atoms with Crippen molar-refractivity contribution in [2.45, 2.75) is 27.2 Å². The zero-order chi connectivity index (χ0) is 23.1. The van der Waals surface area contributed by atoms with Crippen molar-refractivity contribution >= 4 is 39.6 Å². The number of anilines is 2. The second-order valence-electron chi connectivity index (χ2n) is 8.15. The summed E-state index contributed by atoms with van der Waals surface area (Å²) in [6, 6.07) is 14.1. The third kappa shape index (κ3) is 6.36. The minimum absolute atomic E-state index is 0.134. The van der Waals surface area contributed by atoms with E-state index in [1.807, 2.05) is 51.1 Å². The SMILES string of the molecule is CC(C)(C)C(Cc1ccccc1)C(=O)Nc1nonc1/C=N/ONc1ccc(F)c(Br)c1. The van der Waals surface area contributed by atoms with Gasteiger partial charge in [-0.25, -0.2) is 9.02 Å². The van der Waals surface area contributed by atoms with Crippen LogP contribution >= 0.6 is 15.9 Å². The first-order valence-electron chi connectivity index (χ1n) is 9.82. The van der Waals surface area contributed by atoms with Gasteiger partial charge >= 0.3 is 0 Å². The molecule has 0 fully saturated rings. The van der Waals surface area contributed by atoms with E-state index >= 15 is 0 Å². The van der Waals surface area contributed by atoms with Crippen molar-refractivity contribution in [1.82, 2.24) is 10.3 Å². The molecule has 0 spiro atoms. The molecule has 3 aromatic rings. The summed E-state index contributed by atoms with van der Waals surface area (Å²) in [7, 11) is 0. The topological polar surface area (TPSA) is 102 Å². The van der Waals surface area contributed by atoms with E-state index < -0.39 is 5.82 Å². The van der Waals surface area contributed by atoms with Crippen molar-refractivity contribution in [1.29, 1.82) is 0 Å². The standard InChI is InChI=1S/C22H23BrFN5O3/c1-22(2,3)16(11-14-7-5-4-6-8-14)21(30)26-20-19(28-32-29-20)13-25-31-27-15-9-10-18(24)17(23)12-15/h4-10,12-13,16,27H,11H2,1-3H3,(H,26,29,30)/b25-13+. The van der Waals surface area contributed by atoms with Gasteiger partial charge < -0.3 is 5.32 Å². The zero-order valence-corrected chi connectivity index (χ0v) is 19.4. The summed E-state index contributed by atoms with van der Waals surface area (Å²) in [4.78, 5) is 18.0. The molecule has 1 heterocycles. The molecule has 1 atom stereocenters. The highest BCUT2D eigenvalue weighted by atomic mass is 79.9. The summed E-state index contributed by atoms with van der Waals surface area (Å²) in [5.41, 5.74) is 3.98. The van der Waals surface area contributed by atoms with E-state index in [1.54, 1.807) is 0 Å². The zero-order valence-electron chi connectivity index (χ0n) is 17.8. The number of carbonyl (C=O) groups excluding carboxylic acids is 1. The van der Waals surface area contributed by atoms with E-state index in [0.717, 1.165) is 5.56 Å². The Bertz CT molecular complexity index is 1080. The molecule has 2 N–H and O–H groups in total. The summed E-state index contributed by atoms with van der Waals surface area (Å²) < 4.78 is 18.3. The van der Waals surface area contributed by atoms with Crippen molar-refractivity contribution in [2.24, 2.45) is 16.5 Å². The molecular weight excluding hydrogens is 481 g/mol. The van der Waals surface area contributed by atoms with Gasteiger partial charge in [-0.05, 0) is 61.8 Å². The third-order valence-electron chi connectivity index (χ3n) is 4.71. The molecule has 0 saturated carbocycles. The van der Waals surface area contributed by atoms with Crippen molar-refractivity contribution in [3.63, 3.8) is 0 Å². The number of hydrogen-bond acceptors (Lipinski definition) is 7. The van der Waals surface area contributed by atoms with Gasteiger partial charge in [0.25, 0.3) is 0 Å². The molecule has 0 radical (unpaired) electrons. The highest BCUT2D eigenvalue weighted by Crippen LogP contribution is 2.30. The minimum atomic E-state index is -0.395. The smallest absolute Gasteiger partial charge is 0.229 e. The van der Waals surface area contributed by atoms with Gasteiger partial charge in [0.05, 0.1) is 10.2 Å². The van der Waals surface area contributed by atoms with E-state index in [1.165, 1.54) is 24.4 Å². The fourth-order valence-electron chi connectivity index (χ4n) is 2.93. The lowest BCUT2D eigenvalue weighted by Gasteiger charge is -2.29. The number of amides is 1. The summed E-state index contributed by atoms with van der Waals surface area (Å²) in [6.45, 7) is 6.03.